The van der Waals surface area contributed by atoms with Crippen LogP contribution >= 0.6 is 0 Å². The van der Waals surface area contributed by atoms with Gasteiger partial charge in [-0.3, -0.25) is 9.89 Å². The summed E-state index contributed by atoms with van der Waals surface area (Å²) in [6.45, 7) is -0.169. The number of carbonyl (C=O) groups is 2. The third-order valence-corrected chi connectivity index (χ3v) is 2.66. The van der Waals surface area contributed by atoms with Crippen molar-refractivity contribution in [3.8, 4) is 0 Å². The Kier molecular flexibility index (Phi) is 3.03. The Morgan fingerprint density at radius 2 is 2.41 bits per heavy atom. The van der Waals surface area contributed by atoms with Crippen molar-refractivity contribution in [2.45, 2.75) is 25.1 Å². The second-order valence-corrected chi connectivity index (χ2v) is 3.89. The first-order valence-corrected chi connectivity index (χ1v) is 5.09. The molecule has 2 heterocycles. The van der Waals surface area contributed by atoms with Gasteiger partial charge in [-0.05, 0) is 0 Å². The maximum atomic E-state index is 13.1. The van der Waals surface area contributed by atoms with E-state index < -0.39 is 24.1 Å². The van der Waals surface area contributed by atoms with Gasteiger partial charge in [0, 0.05) is 6.42 Å². The van der Waals surface area contributed by atoms with Crippen LogP contribution < -0.4 is 0 Å². The summed E-state index contributed by atoms with van der Waals surface area (Å²) in [5, 5.41) is 18.3. The number of aromatic nitrogens is 3. The SMILES string of the molecule is O=C(O)[C@@H]1C[C@@H](F)CN1C(=O)Cc1cnn[nH]1. The first kappa shape index (κ1) is 11.5. The number of nitrogens with one attached hydrogen (secondary N) is 1. The third kappa shape index (κ3) is 2.40. The van der Waals surface area contributed by atoms with Crippen molar-refractivity contribution < 1.29 is 19.1 Å². The molecule has 8 heteroatoms. The molecule has 1 fully saturated rings. The number of hydrogen-bond donors (Lipinski definition) is 2. The Bertz CT molecular complexity index is 422. The Labute approximate surface area is 95.6 Å². The van der Waals surface area contributed by atoms with Gasteiger partial charge in [0.1, 0.15) is 12.2 Å². The number of likely N-dealkylation sites (tertiary alicyclic amines) is 1. The highest BCUT2D eigenvalue weighted by Gasteiger charge is 2.39. The fourth-order valence-electron chi connectivity index (χ4n) is 1.86. The van der Waals surface area contributed by atoms with E-state index in [1.165, 1.54) is 6.20 Å². The molecule has 1 aromatic heterocycles. The smallest absolute Gasteiger partial charge is 0.326 e. The fourth-order valence-corrected chi connectivity index (χ4v) is 1.86. The minimum absolute atomic E-state index is 0.0521. The van der Waals surface area contributed by atoms with Crippen LogP contribution in [0, 0.1) is 0 Å². The van der Waals surface area contributed by atoms with Gasteiger partial charge in [0.25, 0.3) is 0 Å². The minimum Gasteiger partial charge on any atom is -0.480 e. The van der Waals surface area contributed by atoms with Crippen LogP contribution in [0.3, 0.4) is 0 Å². The van der Waals surface area contributed by atoms with E-state index >= 15 is 0 Å². The van der Waals surface area contributed by atoms with Gasteiger partial charge in [0.2, 0.25) is 5.91 Å². The zero-order valence-electron chi connectivity index (χ0n) is 8.84. The number of carboxylic acid groups (broad SMARTS) is 1. The van der Waals surface area contributed by atoms with Crippen LogP contribution in [0.25, 0.3) is 0 Å². The molecule has 0 saturated carbocycles. The Morgan fingerprint density at radius 1 is 1.65 bits per heavy atom. The topological polar surface area (TPSA) is 99.2 Å². The molecule has 0 spiro atoms. The number of nitrogens with zero attached hydrogens (tertiary/aromatic N) is 3. The van der Waals surface area contributed by atoms with E-state index in [4.69, 9.17) is 5.11 Å². The maximum Gasteiger partial charge on any atom is 0.326 e. The summed E-state index contributed by atoms with van der Waals surface area (Å²) in [6, 6.07) is -1.08. The highest BCUT2D eigenvalue weighted by Crippen LogP contribution is 2.21. The minimum atomic E-state index is -1.28. The van der Waals surface area contributed by atoms with Crippen LogP contribution in [0.5, 0.6) is 0 Å². The average Bonchev–Trinajstić information content (AvgIpc) is 2.86. The molecule has 2 atom stereocenters. The fraction of sp³-hybridized carbons (Fsp3) is 0.556. The molecule has 17 heavy (non-hydrogen) atoms. The van der Waals surface area contributed by atoms with Crippen LogP contribution in [0.15, 0.2) is 6.20 Å². The van der Waals surface area contributed by atoms with Crippen molar-refractivity contribution in [1.29, 1.82) is 0 Å². The summed E-state index contributed by atoms with van der Waals surface area (Å²) < 4.78 is 13.1. The number of carboxylic acids is 1. The van der Waals surface area contributed by atoms with Gasteiger partial charge in [-0.2, -0.15) is 0 Å². The molecule has 1 aliphatic heterocycles. The summed E-state index contributed by atoms with van der Waals surface area (Å²) in [5.41, 5.74) is 0.474. The average molecular weight is 242 g/mol. The number of rotatable bonds is 3. The van der Waals surface area contributed by atoms with E-state index in [9.17, 15) is 14.0 Å². The van der Waals surface area contributed by atoms with Gasteiger partial charge in [-0.25, -0.2) is 9.18 Å². The van der Waals surface area contributed by atoms with Gasteiger partial charge in [-0.1, -0.05) is 5.21 Å². The van der Waals surface area contributed by atoms with E-state index in [1.807, 2.05) is 0 Å². The second kappa shape index (κ2) is 4.48. The van der Waals surface area contributed by atoms with Crippen LogP contribution in [0.1, 0.15) is 12.1 Å². The van der Waals surface area contributed by atoms with E-state index in [-0.39, 0.29) is 19.4 Å². The van der Waals surface area contributed by atoms with Crippen LogP contribution in [-0.2, 0) is 16.0 Å². The van der Waals surface area contributed by atoms with E-state index in [0.29, 0.717) is 5.69 Å². The molecule has 0 unspecified atom stereocenters. The summed E-state index contributed by atoms with van der Waals surface area (Å²) in [6.07, 6.45) is -0.109. The Hall–Kier alpha value is -1.99. The van der Waals surface area contributed by atoms with Crippen molar-refractivity contribution >= 4 is 11.9 Å². The Morgan fingerprint density at radius 3 is 3.00 bits per heavy atom. The molecule has 0 bridgehead atoms. The van der Waals surface area contributed by atoms with Gasteiger partial charge in [0.15, 0.2) is 0 Å². The van der Waals surface area contributed by atoms with Crippen molar-refractivity contribution in [3.63, 3.8) is 0 Å². The van der Waals surface area contributed by atoms with Crippen molar-refractivity contribution in [3.05, 3.63) is 11.9 Å². The summed E-state index contributed by atoms with van der Waals surface area (Å²) in [4.78, 5) is 23.7. The summed E-state index contributed by atoms with van der Waals surface area (Å²) in [7, 11) is 0. The Balaban J connectivity index is 2.05. The third-order valence-electron chi connectivity index (χ3n) is 2.66. The molecule has 1 aliphatic rings. The lowest BCUT2D eigenvalue weighted by atomic mass is 10.2. The lowest BCUT2D eigenvalue weighted by molar-refractivity contribution is -0.148. The van der Waals surface area contributed by atoms with Gasteiger partial charge < -0.3 is 10.0 Å². The van der Waals surface area contributed by atoms with E-state index in [1.54, 1.807) is 0 Å². The van der Waals surface area contributed by atoms with Crippen molar-refractivity contribution in [1.82, 2.24) is 20.3 Å². The number of aliphatic carboxylic acids is 1. The molecular formula is C9H11FN4O3. The zero-order valence-corrected chi connectivity index (χ0v) is 8.84. The predicted molar refractivity (Wildman–Crippen MR) is 52.7 cm³/mol. The van der Waals surface area contributed by atoms with Gasteiger partial charge in [-0.15, -0.1) is 5.10 Å². The zero-order chi connectivity index (χ0) is 12.4. The molecule has 1 saturated heterocycles. The second-order valence-electron chi connectivity index (χ2n) is 3.89. The van der Waals surface area contributed by atoms with Crippen LogP contribution in [-0.4, -0.2) is 56.1 Å². The maximum absolute atomic E-state index is 13.1. The number of amides is 1. The molecule has 92 valence electrons. The number of hydrogen-bond acceptors (Lipinski definition) is 4. The summed E-state index contributed by atoms with van der Waals surface area (Å²) >= 11 is 0. The normalized spacial score (nSPS) is 23.9. The molecule has 1 aromatic rings. The standard InChI is InChI=1S/C9H11FN4O3/c10-5-1-7(9(16)17)14(4-5)8(15)2-6-3-11-13-12-6/h3,5,7H,1-2,4H2,(H,16,17)(H,11,12,13)/t5-,7+/m1/s1. The lowest BCUT2D eigenvalue weighted by Crippen LogP contribution is -2.41. The molecule has 0 radical (unpaired) electrons. The largest absolute Gasteiger partial charge is 0.480 e. The molecule has 7 nitrogen and oxygen atoms in total. The molecule has 1 amide bonds. The number of H-pyrrole nitrogens is 1. The molecular weight excluding hydrogens is 231 g/mol. The van der Waals surface area contributed by atoms with Crippen molar-refractivity contribution in [2.24, 2.45) is 0 Å². The predicted octanol–water partition coefficient (Wildman–Crippen LogP) is -0.629. The lowest BCUT2D eigenvalue weighted by Gasteiger charge is -2.20. The number of alkyl halides is 1. The van der Waals surface area contributed by atoms with E-state index in [2.05, 4.69) is 15.4 Å². The monoisotopic (exact) mass is 242 g/mol. The summed E-state index contributed by atoms with van der Waals surface area (Å²) in [5.74, 6) is -1.62. The first-order chi connectivity index (χ1) is 8.08. The van der Waals surface area contributed by atoms with E-state index in [0.717, 1.165) is 4.90 Å². The molecule has 0 aromatic carbocycles. The number of carbonyl (C=O) groups excluding carboxylic acids is 1. The highest BCUT2D eigenvalue weighted by molar-refractivity contribution is 5.85. The quantitative estimate of drug-likeness (QED) is 0.735. The number of aromatic amines is 1. The van der Waals surface area contributed by atoms with Crippen molar-refractivity contribution in [2.75, 3.05) is 6.54 Å². The first-order valence-electron chi connectivity index (χ1n) is 5.09. The van der Waals surface area contributed by atoms with Gasteiger partial charge >= 0.3 is 5.97 Å². The van der Waals surface area contributed by atoms with Crippen LogP contribution in [0.2, 0.25) is 0 Å². The molecule has 0 aliphatic carbocycles. The van der Waals surface area contributed by atoms with Crippen LogP contribution in [0.4, 0.5) is 4.39 Å². The molecule has 2 rings (SSSR count). The van der Waals surface area contributed by atoms with Gasteiger partial charge in [0.05, 0.1) is 24.9 Å². The highest BCUT2D eigenvalue weighted by atomic mass is 19.1. The molecule has 2 N–H and O–H groups in total. The number of halogens is 1.